The molecule has 7 rings (SSSR count). The minimum Gasteiger partial charge on any atom is -0.325 e. The molecule has 2 aromatic rings. The van der Waals surface area contributed by atoms with Gasteiger partial charge in [-0.1, -0.05) is 12.1 Å². The predicted molar refractivity (Wildman–Crippen MR) is 125 cm³/mol. The fourth-order valence-corrected chi connectivity index (χ4v) is 7.51. The number of rotatable bonds is 5. The van der Waals surface area contributed by atoms with Crippen LogP contribution in [0.15, 0.2) is 48.5 Å². The van der Waals surface area contributed by atoms with Crippen molar-refractivity contribution >= 4 is 23.4 Å². The van der Waals surface area contributed by atoms with Crippen LogP contribution in [0.3, 0.4) is 0 Å². The first-order valence-electron chi connectivity index (χ1n) is 12.5. The van der Waals surface area contributed by atoms with Gasteiger partial charge < -0.3 is 4.90 Å². The second kappa shape index (κ2) is 8.25. The quantitative estimate of drug-likeness (QED) is 0.578. The molecule has 1 aliphatic heterocycles. The molecule has 4 aliphatic carbocycles. The van der Waals surface area contributed by atoms with Crippen molar-refractivity contribution in [2.75, 3.05) is 4.90 Å². The van der Waals surface area contributed by atoms with Gasteiger partial charge in [-0.2, -0.15) is 0 Å². The lowest BCUT2D eigenvalue weighted by atomic mass is 9.49. The first kappa shape index (κ1) is 22.4. The van der Waals surface area contributed by atoms with Gasteiger partial charge in [-0.05, 0) is 98.2 Å². The van der Waals surface area contributed by atoms with Gasteiger partial charge in [0.15, 0.2) is 0 Å². The zero-order valence-corrected chi connectivity index (χ0v) is 19.5. The Hall–Kier alpha value is -3.09. The van der Waals surface area contributed by atoms with Crippen molar-refractivity contribution in [3.8, 4) is 0 Å². The van der Waals surface area contributed by atoms with Crippen LogP contribution >= 0.6 is 0 Å². The van der Waals surface area contributed by atoms with Crippen LogP contribution in [0.4, 0.5) is 14.5 Å². The largest absolute Gasteiger partial charge is 0.325 e. The van der Waals surface area contributed by atoms with Gasteiger partial charge in [0.05, 0.1) is 17.5 Å². The smallest absolute Gasteiger partial charge is 0.257 e. The molecule has 1 unspecified atom stereocenters. The highest BCUT2D eigenvalue weighted by Gasteiger charge is 2.57. The maximum Gasteiger partial charge on any atom is 0.257 e. The Kier molecular flexibility index (Phi) is 5.27. The number of amides is 3. The van der Waals surface area contributed by atoms with Gasteiger partial charge in [-0.3, -0.25) is 14.4 Å². The van der Waals surface area contributed by atoms with Crippen molar-refractivity contribution in [1.82, 2.24) is 4.90 Å². The van der Waals surface area contributed by atoms with E-state index >= 15 is 0 Å². The summed E-state index contributed by atoms with van der Waals surface area (Å²) in [5.41, 5.74) is 0.527. The summed E-state index contributed by atoms with van der Waals surface area (Å²) >= 11 is 0. The van der Waals surface area contributed by atoms with E-state index in [1.165, 1.54) is 55.7 Å². The molecule has 3 amide bonds. The molecule has 0 radical (unpaired) electrons. The van der Waals surface area contributed by atoms with Gasteiger partial charge in [-0.25, -0.2) is 13.7 Å². The number of anilines is 1. The average molecular weight is 479 g/mol. The van der Waals surface area contributed by atoms with E-state index in [9.17, 15) is 23.2 Å². The summed E-state index contributed by atoms with van der Waals surface area (Å²) in [5.74, 6) is -0.107. The highest BCUT2D eigenvalue weighted by molar-refractivity contribution is 6.23. The molecular weight excluding hydrogens is 450 g/mol. The first-order valence-corrected chi connectivity index (χ1v) is 12.5. The van der Waals surface area contributed by atoms with E-state index in [-0.39, 0.29) is 24.7 Å². The number of nitrogens with zero attached hydrogens (tertiary/aromatic N) is 2. The van der Waals surface area contributed by atoms with Crippen molar-refractivity contribution in [3.05, 3.63) is 65.7 Å². The molecule has 4 saturated carbocycles. The van der Waals surface area contributed by atoms with Crippen LogP contribution in [0, 0.1) is 34.8 Å². The summed E-state index contributed by atoms with van der Waals surface area (Å²) in [4.78, 5) is 43.5. The molecule has 182 valence electrons. The van der Waals surface area contributed by atoms with Crippen LogP contribution in [-0.2, 0) is 20.9 Å². The number of carbonyl (C=O) groups excluding carboxylic acids is 3. The highest BCUT2D eigenvalue weighted by atomic mass is 19.1. The molecule has 1 saturated heterocycles. The number of halogens is 2. The zero-order chi connectivity index (χ0) is 24.3. The molecule has 7 heteroatoms. The lowest BCUT2D eigenvalue weighted by Crippen LogP contribution is -2.57. The summed E-state index contributed by atoms with van der Waals surface area (Å²) in [6, 6.07) is 10.2. The van der Waals surface area contributed by atoms with Crippen LogP contribution in [-0.4, -0.2) is 28.7 Å². The molecule has 5 aliphatic rings. The molecule has 2 aromatic carbocycles. The van der Waals surface area contributed by atoms with Gasteiger partial charge in [0, 0.05) is 6.54 Å². The van der Waals surface area contributed by atoms with Gasteiger partial charge >= 0.3 is 0 Å². The Morgan fingerprint density at radius 3 is 1.91 bits per heavy atom. The van der Waals surface area contributed by atoms with Gasteiger partial charge in [0.25, 0.3) is 5.91 Å². The predicted octanol–water partition coefficient (Wildman–Crippen LogP) is 4.84. The van der Waals surface area contributed by atoms with Crippen molar-refractivity contribution < 1.29 is 23.2 Å². The van der Waals surface area contributed by atoms with Gasteiger partial charge in [0.1, 0.15) is 17.7 Å². The Balaban J connectivity index is 1.34. The van der Waals surface area contributed by atoms with Crippen molar-refractivity contribution in [2.24, 2.45) is 23.2 Å². The third-order valence-corrected chi connectivity index (χ3v) is 8.60. The summed E-state index contributed by atoms with van der Waals surface area (Å²) < 4.78 is 27.0. The Morgan fingerprint density at radius 2 is 1.37 bits per heavy atom. The monoisotopic (exact) mass is 478 g/mol. The van der Waals surface area contributed by atoms with Crippen molar-refractivity contribution in [1.29, 1.82) is 0 Å². The number of carbonyl (C=O) groups is 3. The fourth-order valence-electron chi connectivity index (χ4n) is 7.51. The first-order chi connectivity index (χ1) is 16.8. The molecule has 1 atom stereocenters. The van der Waals surface area contributed by atoms with Gasteiger partial charge in [0.2, 0.25) is 11.8 Å². The third kappa shape index (κ3) is 3.85. The van der Waals surface area contributed by atoms with Crippen LogP contribution in [0.2, 0.25) is 0 Å². The number of imide groups is 1. The summed E-state index contributed by atoms with van der Waals surface area (Å²) in [6.45, 7) is 0.141. The molecule has 1 heterocycles. The SMILES string of the molecule is O=C1CC(N(Cc2ccc(F)cc2)C(=O)C23CC4CC(CC(C4)C2)C3)C(=O)N1c1ccc(F)cc1. The van der Waals surface area contributed by atoms with Crippen LogP contribution in [0.5, 0.6) is 0 Å². The second-order valence-corrected chi connectivity index (χ2v) is 11.0. The summed E-state index contributed by atoms with van der Waals surface area (Å²) in [6.07, 6.45) is 5.96. The van der Waals surface area contributed by atoms with Crippen LogP contribution in [0.25, 0.3) is 0 Å². The highest BCUT2D eigenvalue weighted by Crippen LogP contribution is 2.60. The molecule has 0 aromatic heterocycles. The van der Waals surface area contributed by atoms with Crippen LogP contribution < -0.4 is 4.90 Å². The number of benzene rings is 2. The Bertz CT molecular complexity index is 1140. The van der Waals surface area contributed by atoms with E-state index in [4.69, 9.17) is 0 Å². The minimum absolute atomic E-state index is 0.0481. The van der Waals surface area contributed by atoms with E-state index in [2.05, 4.69) is 0 Å². The lowest BCUT2D eigenvalue weighted by molar-refractivity contribution is -0.162. The molecular formula is C28H28F2N2O3. The van der Waals surface area contributed by atoms with E-state index in [0.717, 1.165) is 24.2 Å². The number of hydrogen-bond donors (Lipinski definition) is 0. The van der Waals surface area contributed by atoms with Crippen LogP contribution in [0.1, 0.15) is 50.5 Å². The van der Waals surface area contributed by atoms with E-state index in [0.29, 0.717) is 29.0 Å². The third-order valence-electron chi connectivity index (χ3n) is 8.60. The molecule has 0 N–H and O–H groups in total. The Labute approximate surface area is 203 Å². The van der Waals surface area contributed by atoms with E-state index in [1.807, 2.05) is 0 Å². The summed E-state index contributed by atoms with van der Waals surface area (Å²) in [7, 11) is 0. The van der Waals surface area contributed by atoms with Gasteiger partial charge in [-0.15, -0.1) is 0 Å². The molecule has 35 heavy (non-hydrogen) atoms. The standard InChI is InChI=1S/C28H28F2N2O3/c29-21-3-1-17(2-4-21)16-31(27(35)28-13-18-9-19(14-28)11-20(10-18)15-28)24-12-25(33)32(26(24)34)23-7-5-22(30)6-8-23/h1-8,18-20,24H,9-16H2. The lowest BCUT2D eigenvalue weighted by Gasteiger charge is -2.57. The number of hydrogen-bond acceptors (Lipinski definition) is 3. The second-order valence-electron chi connectivity index (χ2n) is 11.0. The van der Waals surface area contributed by atoms with Crippen molar-refractivity contribution in [2.45, 2.75) is 57.5 Å². The minimum atomic E-state index is -0.932. The fraction of sp³-hybridized carbons (Fsp3) is 0.464. The zero-order valence-electron chi connectivity index (χ0n) is 19.5. The molecule has 5 fully saturated rings. The normalized spacial score (nSPS) is 31.3. The molecule has 0 spiro atoms. The maximum atomic E-state index is 14.3. The topological polar surface area (TPSA) is 57.7 Å². The molecule has 5 nitrogen and oxygen atoms in total. The molecule has 4 bridgehead atoms. The van der Waals surface area contributed by atoms with Crippen molar-refractivity contribution in [3.63, 3.8) is 0 Å². The summed E-state index contributed by atoms with van der Waals surface area (Å²) in [5, 5.41) is 0. The average Bonchev–Trinajstić information content (AvgIpc) is 3.11. The van der Waals surface area contributed by atoms with E-state index in [1.54, 1.807) is 17.0 Å². The van der Waals surface area contributed by atoms with E-state index < -0.39 is 29.1 Å². The Morgan fingerprint density at radius 1 is 0.857 bits per heavy atom. The maximum absolute atomic E-state index is 14.3.